The lowest BCUT2D eigenvalue weighted by Crippen LogP contribution is -2.35. The van der Waals surface area contributed by atoms with Crippen molar-refractivity contribution in [3.63, 3.8) is 0 Å². The number of rotatable bonds is 7. The van der Waals surface area contributed by atoms with Gasteiger partial charge in [0.15, 0.2) is 17.6 Å². The Labute approximate surface area is 217 Å². The van der Waals surface area contributed by atoms with Crippen LogP contribution in [0.2, 0.25) is 0 Å². The first-order valence-corrected chi connectivity index (χ1v) is 12.2. The van der Waals surface area contributed by atoms with Gasteiger partial charge in [-0.3, -0.25) is 19.0 Å². The minimum Gasteiger partial charge on any atom is -0.493 e. The van der Waals surface area contributed by atoms with Crippen molar-refractivity contribution in [2.45, 2.75) is 19.6 Å². The van der Waals surface area contributed by atoms with E-state index in [1.807, 2.05) is 54.6 Å². The highest BCUT2D eigenvalue weighted by atomic mass is 16.5. The number of nitrogens with zero attached hydrogens (tertiary/aromatic N) is 2. The van der Waals surface area contributed by atoms with Crippen LogP contribution in [0.5, 0.6) is 17.2 Å². The summed E-state index contributed by atoms with van der Waals surface area (Å²) in [6.45, 7) is 2.14. The molecule has 6 aromatic rings. The highest BCUT2D eigenvalue weighted by Crippen LogP contribution is 2.39. The molecule has 3 heterocycles. The Bertz CT molecular complexity index is 1880. The predicted molar refractivity (Wildman–Crippen MR) is 147 cm³/mol. The van der Waals surface area contributed by atoms with Crippen molar-refractivity contribution >= 4 is 44.0 Å². The molecule has 8 nitrogen and oxygen atoms in total. The highest BCUT2D eigenvalue weighted by Gasteiger charge is 2.23. The van der Waals surface area contributed by atoms with Gasteiger partial charge in [-0.05, 0) is 48.9 Å². The molecule has 1 N–H and O–H groups in total. The van der Waals surface area contributed by atoms with Crippen LogP contribution in [0.25, 0.3) is 38.1 Å². The first-order valence-electron chi connectivity index (χ1n) is 12.2. The van der Waals surface area contributed by atoms with Gasteiger partial charge in [0.25, 0.3) is 11.5 Å². The van der Waals surface area contributed by atoms with Crippen molar-refractivity contribution in [1.29, 1.82) is 0 Å². The molecule has 0 fully saturated rings. The van der Waals surface area contributed by atoms with E-state index in [2.05, 4.69) is 10.3 Å². The average Bonchev–Trinajstić information content (AvgIpc) is 3.29. The Morgan fingerprint density at radius 3 is 2.55 bits per heavy atom. The fraction of sp³-hybridized carbons (Fsp3) is 0.167. The fourth-order valence-electron chi connectivity index (χ4n) is 5.06. The zero-order chi connectivity index (χ0) is 26.4. The molecule has 0 unspecified atom stereocenters. The molecule has 0 bridgehead atoms. The number of hydrogen-bond donors (Lipinski definition) is 1. The van der Waals surface area contributed by atoms with E-state index in [1.165, 1.54) is 14.2 Å². The summed E-state index contributed by atoms with van der Waals surface area (Å²) in [6.07, 6.45) is 1.02. The van der Waals surface area contributed by atoms with Crippen molar-refractivity contribution in [2.75, 3.05) is 14.2 Å². The molecule has 8 heteroatoms. The van der Waals surface area contributed by atoms with E-state index >= 15 is 0 Å². The quantitative estimate of drug-likeness (QED) is 0.315. The number of nitrogens with one attached hydrogen (secondary N) is 1. The number of carbonyl (C=O) groups is 1. The summed E-state index contributed by atoms with van der Waals surface area (Å²) in [5.41, 5.74) is 2.91. The zero-order valence-electron chi connectivity index (χ0n) is 21.1. The first kappa shape index (κ1) is 23.5. The lowest BCUT2D eigenvalue weighted by Gasteiger charge is -2.15. The van der Waals surface area contributed by atoms with E-state index in [1.54, 1.807) is 29.7 Å². The molecule has 0 saturated carbocycles. The van der Waals surface area contributed by atoms with Gasteiger partial charge >= 0.3 is 0 Å². The van der Waals surface area contributed by atoms with Gasteiger partial charge in [0, 0.05) is 28.9 Å². The third kappa shape index (κ3) is 3.64. The summed E-state index contributed by atoms with van der Waals surface area (Å²) in [7, 11) is 3.06. The summed E-state index contributed by atoms with van der Waals surface area (Å²) < 4.78 is 18.7. The Balaban J connectivity index is 1.43. The Morgan fingerprint density at radius 1 is 0.974 bits per heavy atom. The van der Waals surface area contributed by atoms with E-state index in [0.717, 1.165) is 21.9 Å². The summed E-state index contributed by atoms with van der Waals surface area (Å²) in [5.74, 6) is 1.16. The van der Waals surface area contributed by atoms with Gasteiger partial charge in [-0.25, -0.2) is 0 Å². The number of hydrogen-bond acceptors (Lipinski definition) is 6. The standard InChI is InChI=1S/C30H25N3O5/c1-17(29(34)32-16-18-7-5-4-6-8-18)38-19-9-11-23-22(15-19)20-13-14-31-26-21-10-12-24(36-2)28(37-3)25(21)30(35)33(23)27(20)26/h4-15,17H,16H2,1-3H3,(H,32,34)/t17-/m1/s1. The lowest BCUT2D eigenvalue weighted by atomic mass is 10.1. The van der Waals surface area contributed by atoms with Crippen molar-refractivity contribution in [3.05, 3.63) is 88.8 Å². The second-order valence-corrected chi connectivity index (χ2v) is 9.06. The van der Waals surface area contributed by atoms with E-state index in [9.17, 15) is 9.59 Å². The number of benzene rings is 3. The van der Waals surface area contributed by atoms with E-state index < -0.39 is 6.10 Å². The lowest BCUT2D eigenvalue weighted by molar-refractivity contribution is -0.127. The van der Waals surface area contributed by atoms with Crippen LogP contribution in [0.15, 0.2) is 77.7 Å². The monoisotopic (exact) mass is 507 g/mol. The van der Waals surface area contributed by atoms with Crippen molar-refractivity contribution in [1.82, 2.24) is 14.7 Å². The molecule has 0 aliphatic carbocycles. The molecule has 190 valence electrons. The van der Waals surface area contributed by atoms with Crippen LogP contribution < -0.4 is 25.1 Å². The number of aromatic nitrogens is 2. The molecule has 6 rings (SSSR count). The second-order valence-electron chi connectivity index (χ2n) is 9.06. The number of fused-ring (bicyclic) bond motifs is 5. The SMILES string of the molecule is COc1ccc2c(c1OC)c(=O)n1c3ccc(O[C@H](C)C(=O)NCc4ccccc4)cc3c3ccnc2c31. The number of carbonyl (C=O) groups excluding carboxylic acids is 1. The number of pyridine rings is 2. The van der Waals surface area contributed by atoms with E-state index in [-0.39, 0.29) is 11.5 Å². The van der Waals surface area contributed by atoms with Crippen LogP contribution >= 0.6 is 0 Å². The first-order chi connectivity index (χ1) is 18.5. The molecule has 0 spiro atoms. The Hall–Kier alpha value is -4.85. The van der Waals surface area contributed by atoms with E-state index in [0.29, 0.717) is 45.6 Å². The zero-order valence-corrected chi connectivity index (χ0v) is 21.1. The summed E-state index contributed by atoms with van der Waals surface area (Å²) in [6, 6.07) is 20.7. The van der Waals surface area contributed by atoms with Gasteiger partial charge in [0.05, 0.1) is 36.2 Å². The van der Waals surface area contributed by atoms with Gasteiger partial charge in [0.2, 0.25) is 0 Å². The summed E-state index contributed by atoms with van der Waals surface area (Å²) in [5, 5.41) is 5.69. The largest absolute Gasteiger partial charge is 0.493 e. The predicted octanol–water partition coefficient (Wildman–Crippen LogP) is 4.69. The van der Waals surface area contributed by atoms with Gasteiger partial charge in [0.1, 0.15) is 5.75 Å². The fourth-order valence-corrected chi connectivity index (χ4v) is 5.06. The molecule has 0 saturated heterocycles. The maximum atomic E-state index is 13.9. The van der Waals surface area contributed by atoms with Crippen molar-refractivity contribution < 1.29 is 19.0 Å². The van der Waals surface area contributed by atoms with Crippen LogP contribution in [-0.2, 0) is 11.3 Å². The molecule has 38 heavy (non-hydrogen) atoms. The minimum atomic E-state index is -0.708. The number of amides is 1. The highest BCUT2D eigenvalue weighted by molar-refractivity contribution is 6.19. The third-order valence-electron chi connectivity index (χ3n) is 6.86. The van der Waals surface area contributed by atoms with Crippen LogP contribution in [0, 0.1) is 0 Å². The Kier molecular flexibility index (Phi) is 5.72. The summed E-state index contributed by atoms with van der Waals surface area (Å²) in [4.78, 5) is 31.2. The molecule has 0 aliphatic heterocycles. The summed E-state index contributed by atoms with van der Waals surface area (Å²) >= 11 is 0. The van der Waals surface area contributed by atoms with Gasteiger partial charge in [-0.15, -0.1) is 0 Å². The van der Waals surface area contributed by atoms with Gasteiger partial charge in [-0.2, -0.15) is 0 Å². The van der Waals surface area contributed by atoms with E-state index in [4.69, 9.17) is 14.2 Å². The van der Waals surface area contributed by atoms with Gasteiger partial charge < -0.3 is 19.5 Å². The molecule has 3 aromatic heterocycles. The van der Waals surface area contributed by atoms with Gasteiger partial charge in [-0.1, -0.05) is 30.3 Å². The Morgan fingerprint density at radius 2 is 1.79 bits per heavy atom. The molecule has 3 aromatic carbocycles. The maximum Gasteiger partial charge on any atom is 0.267 e. The molecule has 1 amide bonds. The van der Waals surface area contributed by atoms with Crippen LogP contribution in [0.1, 0.15) is 12.5 Å². The number of ether oxygens (including phenoxy) is 3. The molecule has 1 atom stereocenters. The van der Waals surface area contributed by atoms with Crippen LogP contribution in [0.3, 0.4) is 0 Å². The third-order valence-corrected chi connectivity index (χ3v) is 6.86. The topological polar surface area (TPSA) is 91.2 Å². The second kappa shape index (κ2) is 9.23. The smallest absolute Gasteiger partial charge is 0.267 e. The average molecular weight is 508 g/mol. The molecule has 0 aliphatic rings. The molecule has 0 radical (unpaired) electrons. The maximum absolute atomic E-state index is 13.9. The minimum absolute atomic E-state index is 0.215. The molecular formula is C30H25N3O5. The van der Waals surface area contributed by atoms with Crippen molar-refractivity contribution in [2.24, 2.45) is 0 Å². The van der Waals surface area contributed by atoms with Crippen LogP contribution in [-0.4, -0.2) is 35.6 Å². The normalized spacial score (nSPS) is 12.3. The van der Waals surface area contributed by atoms with Crippen molar-refractivity contribution in [3.8, 4) is 17.2 Å². The number of methoxy groups -OCH3 is 2. The van der Waals surface area contributed by atoms with Crippen LogP contribution in [0.4, 0.5) is 0 Å². The molecular weight excluding hydrogens is 482 g/mol.